The van der Waals surface area contributed by atoms with E-state index >= 15 is 0 Å². The van der Waals surface area contributed by atoms with Gasteiger partial charge in [-0.15, -0.1) is 0 Å². The van der Waals surface area contributed by atoms with Crippen molar-refractivity contribution in [3.8, 4) is 0 Å². The highest BCUT2D eigenvalue weighted by Crippen LogP contribution is 2.67. The molecule has 2 saturated carbocycles. The number of rotatable bonds is 0. The van der Waals surface area contributed by atoms with Gasteiger partial charge in [0.2, 0.25) is 0 Å². The number of cyclic esters (lactones) is 1. The third-order valence-corrected chi connectivity index (χ3v) is 7.01. The van der Waals surface area contributed by atoms with Gasteiger partial charge >= 0.3 is 6.09 Å². The Morgan fingerprint density at radius 1 is 1.11 bits per heavy atom. The number of fused-ring (bicyclic) bond motifs is 3. The number of hydrogen-bond acceptors (Lipinski definition) is 2. The van der Waals surface area contributed by atoms with Crippen molar-refractivity contribution in [2.75, 3.05) is 6.61 Å². The van der Waals surface area contributed by atoms with Crippen LogP contribution >= 0.6 is 0 Å². The van der Waals surface area contributed by atoms with Gasteiger partial charge in [-0.3, -0.25) is 4.90 Å². The monoisotopic (exact) mass is 263 g/mol. The van der Waals surface area contributed by atoms with Crippen molar-refractivity contribution in [1.82, 2.24) is 4.90 Å². The second kappa shape index (κ2) is 3.29. The molecule has 0 aromatic heterocycles. The third kappa shape index (κ3) is 1.19. The molecule has 0 spiro atoms. The molecule has 0 aromatic rings. The summed E-state index contributed by atoms with van der Waals surface area (Å²) < 4.78 is 5.45. The Bertz CT molecular complexity index is 446. The second-order valence-corrected chi connectivity index (χ2v) is 8.09. The largest absolute Gasteiger partial charge is 0.447 e. The molecule has 19 heavy (non-hydrogen) atoms. The van der Waals surface area contributed by atoms with Crippen molar-refractivity contribution in [1.29, 1.82) is 0 Å². The predicted octanol–water partition coefficient (Wildman–Crippen LogP) is 3.58. The second-order valence-electron chi connectivity index (χ2n) is 8.09. The molecule has 3 heteroatoms. The zero-order valence-corrected chi connectivity index (χ0v) is 12.4. The molecule has 2 aliphatic carbocycles. The lowest BCUT2D eigenvalue weighted by atomic mass is 9.51. The van der Waals surface area contributed by atoms with E-state index in [0.29, 0.717) is 23.9 Å². The summed E-state index contributed by atoms with van der Waals surface area (Å²) in [6.45, 7) is 7.71. The van der Waals surface area contributed by atoms with E-state index in [1.807, 2.05) is 0 Å². The van der Waals surface area contributed by atoms with Crippen LogP contribution < -0.4 is 0 Å². The Morgan fingerprint density at radius 2 is 1.84 bits per heavy atom. The number of nitrogens with zero attached hydrogens (tertiary/aromatic N) is 1. The van der Waals surface area contributed by atoms with Gasteiger partial charge in [0.15, 0.2) is 0 Å². The highest BCUT2D eigenvalue weighted by atomic mass is 16.6. The first-order valence-corrected chi connectivity index (χ1v) is 7.89. The van der Waals surface area contributed by atoms with Crippen LogP contribution in [0.2, 0.25) is 0 Å². The van der Waals surface area contributed by atoms with Crippen molar-refractivity contribution in [3.05, 3.63) is 0 Å². The Labute approximate surface area is 115 Å². The summed E-state index contributed by atoms with van der Waals surface area (Å²) in [5.41, 5.74) is 0.451. The van der Waals surface area contributed by atoms with Crippen molar-refractivity contribution in [3.63, 3.8) is 0 Å². The molecule has 2 aliphatic heterocycles. The summed E-state index contributed by atoms with van der Waals surface area (Å²) in [5.74, 6) is 1.32. The van der Waals surface area contributed by atoms with E-state index in [1.54, 1.807) is 0 Å². The molecular formula is C16H25NO2. The molecule has 4 rings (SSSR count). The minimum absolute atomic E-state index is 0.0392. The molecule has 4 aliphatic rings. The standard InChI is InChI=1S/C16H25NO2/c1-14-7-4-6-11-12(14)15(2,9-5-8-14)17-13(18)19-10-16(11,17)3/h11-12H,4-10H2,1-3H3. The van der Waals surface area contributed by atoms with E-state index < -0.39 is 0 Å². The van der Waals surface area contributed by atoms with Gasteiger partial charge in [0.1, 0.15) is 6.61 Å². The van der Waals surface area contributed by atoms with Crippen LogP contribution in [-0.4, -0.2) is 28.7 Å². The average molecular weight is 263 g/mol. The molecule has 0 radical (unpaired) electrons. The number of hydrogen-bond donors (Lipinski definition) is 0. The quantitative estimate of drug-likeness (QED) is 0.668. The molecule has 106 valence electrons. The summed E-state index contributed by atoms with van der Waals surface area (Å²) in [6.07, 6.45) is 7.67. The van der Waals surface area contributed by atoms with Gasteiger partial charge in [0, 0.05) is 5.54 Å². The SMILES string of the molecule is CC12CCCC3C1C(C)(CCC2)N1C(=O)OCC31C. The molecule has 1 amide bonds. The van der Waals surface area contributed by atoms with Crippen molar-refractivity contribution in [2.24, 2.45) is 17.3 Å². The topological polar surface area (TPSA) is 29.5 Å². The fraction of sp³-hybridized carbons (Fsp3) is 0.938. The van der Waals surface area contributed by atoms with Gasteiger partial charge in [-0.05, 0) is 56.8 Å². The van der Waals surface area contributed by atoms with Gasteiger partial charge in [-0.1, -0.05) is 19.8 Å². The fourth-order valence-corrected chi connectivity index (χ4v) is 6.54. The summed E-state index contributed by atoms with van der Waals surface area (Å²) in [4.78, 5) is 14.5. The van der Waals surface area contributed by atoms with E-state index in [2.05, 4.69) is 25.7 Å². The molecule has 0 aromatic carbocycles. The lowest BCUT2D eigenvalue weighted by Crippen LogP contribution is -2.56. The van der Waals surface area contributed by atoms with E-state index in [-0.39, 0.29) is 17.2 Å². The number of ether oxygens (including phenoxy) is 1. The first kappa shape index (κ1) is 12.0. The average Bonchev–Trinajstić information content (AvgIpc) is 2.75. The first-order chi connectivity index (χ1) is 8.92. The van der Waals surface area contributed by atoms with Gasteiger partial charge in [0.05, 0.1) is 5.54 Å². The summed E-state index contributed by atoms with van der Waals surface area (Å²) in [7, 11) is 0. The predicted molar refractivity (Wildman–Crippen MR) is 72.8 cm³/mol. The van der Waals surface area contributed by atoms with Gasteiger partial charge in [0.25, 0.3) is 0 Å². The van der Waals surface area contributed by atoms with Crippen LogP contribution in [0.15, 0.2) is 0 Å². The molecule has 2 heterocycles. The molecule has 5 unspecified atom stereocenters. The minimum atomic E-state index is -0.0522. The summed E-state index contributed by atoms with van der Waals surface area (Å²) in [6, 6.07) is 0. The molecular weight excluding hydrogens is 238 g/mol. The van der Waals surface area contributed by atoms with Crippen LogP contribution in [0, 0.1) is 17.3 Å². The lowest BCUT2D eigenvalue weighted by Gasteiger charge is -2.54. The highest BCUT2D eigenvalue weighted by molar-refractivity contribution is 5.73. The van der Waals surface area contributed by atoms with Gasteiger partial charge in [-0.2, -0.15) is 0 Å². The van der Waals surface area contributed by atoms with Crippen LogP contribution in [0.3, 0.4) is 0 Å². The van der Waals surface area contributed by atoms with Crippen LogP contribution in [0.25, 0.3) is 0 Å². The molecule has 3 nitrogen and oxygen atoms in total. The number of carbonyl (C=O) groups excluding carboxylic acids is 1. The molecule has 5 atom stereocenters. The van der Waals surface area contributed by atoms with Crippen LogP contribution in [0.1, 0.15) is 59.3 Å². The zero-order chi connectivity index (χ0) is 13.5. The smallest absolute Gasteiger partial charge is 0.410 e. The van der Waals surface area contributed by atoms with Crippen molar-refractivity contribution in [2.45, 2.75) is 70.4 Å². The summed E-state index contributed by atoms with van der Waals surface area (Å²) >= 11 is 0. The normalized spacial score (nSPS) is 55.7. The summed E-state index contributed by atoms with van der Waals surface area (Å²) in [5, 5.41) is 0. The Balaban J connectivity index is 1.89. The molecule has 0 bridgehead atoms. The molecule has 4 fully saturated rings. The van der Waals surface area contributed by atoms with Crippen molar-refractivity contribution >= 4 is 6.09 Å². The first-order valence-electron chi connectivity index (χ1n) is 7.89. The minimum Gasteiger partial charge on any atom is -0.447 e. The maximum Gasteiger partial charge on any atom is 0.410 e. The van der Waals surface area contributed by atoms with E-state index in [9.17, 15) is 4.79 Å². The zero-order valence-electron chi connectivity index (χ0n) is 12.4. The van der Waals surface area contributed by atoms with Gasteiger partial charge in [-0.25, -0.2) is 4.79 Å². The van der Waals surface area contributed by atoms with Crippen molar-refractivity contribution < 1.29 is 9.53 Å². The highest BCUT2D eigenvalue weighted by Gasteiger charge is 2.71. The van der Waals surface area contributed by atoms with Crippen LogP contribution in [0.4, 0.5) is 4.79 Å². The maximum atomic E-state index is 12.3. The number of carbonyl (C=O) groups is 1. The molecule has 2 saturated heterocycles. The van der Waals surface area contributed by atoms with E-state index in [0.717, 1.165) is 6.42 Å². The lowest BCUT2D eigenvalue weighted by molar-refractivity contribution is -0.0336. The van der Waals surface area contributed by atoms with Crippen LogP contribution in [-0.2, 0) is 4.74 Å². The Kier molecular flexibility index (Phi) is 2.09. The maximum absolute atomic E-state index is 12.3. The van der Waals surface area contributed by atoms with E-state index in [1.165, 1.54) is 32.1 Å². The third-order valence-electron chi connectivity index (χ3n) is 7.01. The van der Waals surface area contributed by atoms with E-state index in [4.69, 9.17) is 4.74 Å². The van der Waals surface area contributed by atoms with Crippen LogP contribution in [0.5, 0.6) is 0 Å². The number of amides is 1. The van der Waals surface area contributed by atoms with Gasteiger partial charge < -0.3 is 4.74 Å². The Hall–Kier alpha value is -0.730. The Morgan fingerprint density at radius 3 is 2.63 bits per heavy atom. The molecule has 0 N–H and O–H groups in total. The fourth-order valence-electron chi connectivity index (χ4n) is 6.54.